The molecule has 0 saturated heterocycles. The van der Waals surface area contributed by atoms with E-state index in [0.717, 1.165) is 101 Å². The molecule has 81 heavy (non-hydrogen) atoms. The van der Waals surface area contributed by atoms with Crippen LogP contribution < -0.4 is 41.0 Å². The summed E-state index contributed by atoms with van der Waals surface area (Å²) in [5, 5.41) is 11.3. The predicted octanol–water partition coefficient (Wildman–Crippen LogP) is 9.45. The number of aryl methyl sites for hydroxylation is 2. The van der Waals surface area contributed by atoms with Crippen molar-refractivity contribution in [2.45, 2.75) is 0 Å². The van der Waals surface area contributed by atoms with Crippen LogP contribution in [0.4, 0.5) is 46.0 Å². The monoisotopic (exact) mass is 1120 g/mol. The summed E-state index contributed by atoms with van der Waals surface area (Å²) in [4.78, 5) is 48.9. The number of nitrogen functional groups attached to an aromatic ring is 1. The lowest BCUT2D eigenvalue weighted by molar-refractivity contribution is -0.112. The molecule has 0 bridgehead atoms. The average Bonchev–Trinajstić information content (AvgIpc) is 4.28. The van der Waals surface area contributed by atoms with Crippen molar-refractivity contribution in [2.24, 2.45) is 14.1 Å². The first-order valence-corrected chi connectivity index (χ1v) is 26.4. The second-order valence-electron chi connectivity index (χ2n) is 18.9. The molecule has 8 rings (SSSR count). The molecule has 0 spiro atoms. The molecule has 20 nitrogen and oxygen atoms in total. The second-order valence-corrected chi connectivity index (χ2v) is 19.3. The van der Waals surface area contributed by atoms with Crippen molar-refractivity contribution in [3.63, 3.8) is 0 Å². The van der Waals surface area contributed by atoms with E-state index in [9.17, 15) is 9.59 Å². The molecule has 0 saturated carbocycles. The normalized spacial score (nSPS) is 10.9. The van der Waals surface area contributed by atoms with Gasteiger partial charge in [0.2, 0.25) is 23.0 Å². The zero-order valence-electron chi connectivity index (χ0n) is 48.0. The van der Waals surface area contributed by atoms with Crippen LogP contribution in [0.15, 0.2) is 135 Å². The maximum absolute atomic E-state index is 12.3. The molecule has 0 aliphatic rings. The fourth-order valence-electron chi connectivity index (χ4n) is 8.69. The first-order valence-electron chi connectivity index (χ1n) is 26.0. The number of hydrogen-bond acceptors (Lipinski definition) is 17. The lowest BCUT2D eigenvalue weighted by atomic mass is 10.1. The highest BCUT2D eigenvalue weighted by Gasteiger charge is 2.19. The van der Waals surface area contributed by atoms with E-state index in [2.05, 4.69) is 112 Å². The van der Waals surface area contributed by atoms with E-state index in [1.54, 1.807) is 40.8 Å². The second kappa shape index (κ2) is 30.2. The number of nitrogens with one attached hydrogen (secondary N) is 3. The van der Waals surface area contributed by atoms with Crippen LogP contribution in [0.3, 0.4) is 0 Å². The van der Waals surface area contributed by atoms with E-state index in [0.29, 0.717) is 59.4 Å². The molecule has 21 heteroatoms. The summed E-state index contributed by atoms with van der Waals surface area (Å²) in [5.41, 5.74) is 16.7. The van der Waals surface area contributed by atoms with Crippen LogP contribution in [0, 0.1) is 0 Å². The van der Waals surface area contributed by atoms with Crippen molar-refractivity contribution < 1.29 is 28.5 Å². The third kappa shape index (κ3) is 16.8. The number of hydrogen-bond donors (Lipinski definition) is 4. The molecule has 0 unspecified atom stereocenters. The molecule has 4 aromatic heterocycles. The number of halogens is 1. The SMILES string of the molecule is C=CC(=O)Cl.C=CC(=O)Nc1cc(Nc2nccc(-c3cn(C)c4ccccc34)n2)c(OC)cc1N(C)CCN(C)CCOC.COCCN(C)CCN(C)c1cc(OC)c(Nc2nccc(-c3cn(C)c4ccccc34)n2)cc1N. The number of rotatable bonds is 25. The van der Waals surface area contributed by atoms with E-state index < -0.39 is 5.24 Å². The molecular formula is C60H75ClN14O6. The number of methoxy groups -OCH3 is 4. The van der Waals surface area contributed by atoms with Crippen molar-refractivity contribution in [1.29, 1.82) is 0 Å². The molecule has 8 aromatic rings. The fraction of sp³-hybridized carbons (Fsp3) is 0.300. The van der Waals surface area contributed by atoms with Gasteiger partial charge in [0.05, 0.1) is 72.9 Å². The van der Waals surface area contributed by atoms with E-state index >= 15 is 0 Å². The highest BCUT2D eigenvalue weighted by atomic mass is 35.5. The minimum absolute atomic E-state index is 0.308. The van der Waals surface area contributed by atoms with Crippen molar-refractivity contribution >= 4 is 90.6 Å². The Balaban J connectivity index is 0.000000242. The first-order chi connectivity index (χ1) is 39.0. The number of anilines is 8. The van der Waals surface area contributed by atoms with Gasteiger partial charge in [0.15, 0.2) is 0 Å². The van der Waals surface area contributed by atoms with Crippen LogP contribution in [-0.4, -0.2) is 159 Å². The largest absolute Gasteiger partial charge is 0.494 e. The molecule has 5 N–H and O–H groups in total. The highest BCUT2D eigenvalue weighted by molar-refractivity contribution is 6.66. The number of para-hydroxylation sites is 2. The summed E-state index contributed by atoms with van der Waals surface area (Å²) < 4.78 is 26.0. The van der Waals surface area contributed by atoms with E-state index in [1.165, 1.54) is 6.08 Å². The maximum atomic E-state index is 12.3. The number of carbonyl (C=O) groups is 2. The summed E-state index contributed by atoms with van der Waals surface area (Å²) in [7, 11) is 18.9. The number of aromatic nitrogens is 6. The molecule has 1 amide bonds. The Hall–Kier alpha value is -8.53. The summed E-state index contributed by atoms with van der Waals surface area (Å²) in [6.07, 6.45) is 9.92. The van der Waals surface area contributed by atoms with Crippen molar-refractivity contribution in [2.75, 3.05) is 141 Å². The van der Waals surface area contributed by atoms with Crippen molar-refractivity contribution in [1.82, 2.24) is 38.9 Å². The quantitative estimate of drug-likeness (QED) is 0.0239. The minimum atomic E-state index is -0.509. The topological polar surface area (TPSA) is 208 Å². The average molecular weight is 1120 g/mol. The zero-order chi connectivity index (χ0) is 58.6. The van der Waals surface area contributed by atoms with Gasteiger partial charge >= 0.3 is 0 Å². The Morgan fingerprint density at radius 3 is 1.51 bits per heavy atom. The highest BCUT2D eigenvalue weighted by Crippen LogP contribution is 2.39. The Labute approximate surface area is 479 Å². The third-order valence-corrected chi connectivity index (χ3v) is 13.4. The summed E-state index contributed by atoms with van der Waals surface area (Å²) in [6, 6.07) is 27.8. The molecule has 0 aliphatic heterocycles. The van der Waals surface area contributed by atoms with Gasteiger partial charge in [-0.25, -0.2) is 19.9 Å². The van der Waals surface area contributed by atoms with Gasteiger partial charge in [0.1, 0.15) is 11.5 Å². The Bertz CT molecular complexity index is 3400. The lowest BCUT2D eigenvalue weighted by Crippen LogP contribution is -2.33. The van der Waals surface area contributed by atoms with Crippen LogP contribution >= 0.6 is 11.6 Å². The van der Waals surface area contributed by atoms with Crippen molar-refractivity contribution in [3.05, 3.63) is 135 Å². The van der Waals surface area contributed by atoms with Gasteiger partial charge in [-0.3, -0.25) is 9.59 Å². The van der Waals surface area contributed by atoms with E-state index in [1.807, 2.05) is 95.9 Å². The third-order valence-electron chi connectivity index (χ3n) is 13.2. The number of nitrogens with two attached hydrogens (primary N) is 1. The molecule has 4 aromatic carbocycles. The number of likely N-dealkylation sites (N-methyl/N-ethyl adjacent to an activating group) is 4. The lowest BCUT2D eigenvalue weighted by Gasteiger charge is -2.26. The number of fused-ring (bicyclic) bond motifs is 2. The Morgan fingerprint density at radius 2 is 1.06 bits per heavy atom. The van der Waals surface area contributed by atoms with E-state index in [4.69, 9.17) is 46.3 Å². The van der Waals surface area contributed by atoms with Gasteiger partial charge in [0.25, 0.3) is 0 Å². The molecule has 0 radical (unpaired) electrons. The Kier molecular flexibility index (Phi) is 23.0. The number of nitrogens with zero attached hydrogens (tertiary/aromatic N) is 10. The minimum Gasteiger partial charge on any atom is -0.494 e. The predicted molar refractivity (Wildman–Crippen MR) is 330 cm³/mol. The number of allylic oxidation sites excluding steroid dienone is 1. The van der Waals surface area contributed by atoms with E-state index in [-0.39, 0.29) is 5.91 Å². The summed E-state index contributed by atoms with van der Waals surface area (Å²) in [5.74, 6) is 1.82. The molecular weight excluding hydrogens is 1050 g/mol. The molecule has 0 aliphatic carbocycles. The van der Waals surface area contributed by atoms with Crippen LogP contribution in [0.1, 0.15) is 0 Å². The summed E-state index contributed by atoms with van der Waals surface area (Å²) >= 11 is 4.71. The first kappa shape index (κ1) is 61.7. The molecule has 0 fully saturated rings. The standard InChI is InChI=1S/C30H37N7O3.C27H35N7O2.C3H3ClO/c1-7-29(38)32-24-18-25(28(40-6)19-27(24)36(3)15-14-35(2)16-17-39-5)34-30-31-13-12-23(33-30)22-20-37(4)26-11-9-8-10-21(22)26;1-32(14-15-35-4)12-13-33(2)25-17-26(36-5)23(16-21(25)28)31-27-29-11-10-22(30-27)20-18-34(3)24-9-7-6-8-19(20)24;1-2-3(4)5/h7-13,18-20H,1,14-17H2,2-6H3,(H,32,38)(H,31,33,34);6-11,16-18H,12-15,28H2,1-5H3,(H,29,30,31);2H,1H2. The molecule has 428 valence electrons. The zero-order valence-corrected chi connectivity index (χ0v) is 48.8. The smallest absolute Gasteiger partial charge is 0.247 e. The van der Waals surface area contributed by atoms with Gasteiger partial charge in [-0.15, -0.1) is 0 Å². The van der Waals surface area contributed by atoms with Gasteiger partial charge in [-0.05, 0) is 74.2 Å². The fourth-order valence-corrected chi connectivity index (χ4v) is 8.69. The number of ether oxygens (including phenoxy) is 4. The molecule has 0 atom stereocenters. The maximum Gasteiger partial charge on any atom is 0.247 e. The van der Waals surface area contributed by atoms with Crippen molar-refractivity contribution in [3.8, 4) is 34.0 Å². The number of benzene rings is 4. The summed E-state index contributed by atoms with van der Waals surface area (Å²) in [6.45, 7) is 13.0. The van der Waals surface area contributed by atoms with Crippen LogP contribution in [0.2, 0.25) is 0 Å². The Morgan fingerprint density at radius 1 is 0.617 bits per heavy atom. The van der Waals surface area contributed by atoms with Gasteiger partial charge in [0, 0.05) is 152 Å². The van der Waals surface area contributed by atoms with Crippen LogP contribution in [0.5, 0.6) is 11.5 Å². The van der Waals surface area contributed by atoms with Crippen LogP contribution in [-0.2, 0) is 33.2 Å². The molecule has 4 heterocycles. The number of carbonyl (C=O) groups excluding carboxylic acids is 2. The van der Waals surface area contributed by atoms with Gasteiger partial charge in [-0.2, -0.15) is 0 Å². The van der Waals surface area contributed by atoms with Crippen LogP contribution in [0.25, 0.3) is 44.3 Å². The van der Waals surface area contributed by atoms with Gasteiger partial charge < -0.3 is 69.4 Å². The number of amides is 1. The van der Waals surface area contributed by atoms with Gasteiger partial charge in [-0.1, -0.05) is 49.6 Å².